The number of carbonyl (C=O) groups is 1. The molecule has 3 rings (SSSR count). The van der Waals surface area contributed by atoms with Crippen LogP contribution in [-0.4, -0.2) is 35.8 Å². The molecule has 0 bridgehead atoms. The summed E-state index contributed by atoms with van der Waals surface area (Å²) in [5.74, 6) is -0.558. The normalized spacial score (nSPS) is 19.5. The molecule has 0 saturated heterocycles. The van der Waals surface area contributed by atoms with Crippen LogP contribution in [0.5, 0.6) is 0 Å². The first-order chi connectivity index (χ1) is 16.6. The van der Waals surface area contributed by atoms with Crippen molar-refractivity contribution in [1.29, 1.82) is 5.41 Å². The predicted molar refractivity (Wildman–Crippen MR) is 136 cm³/mol. The molecular formula is C29H37NO5. The van der Waals surface area contributed by atoms with E-state index in [9.17, 15) is 4.79 Å². The average molecular weight is 480 g/mol. The fraction of sp³-hybridized carbons (Fsp3) is 0.448. The van der Waals surface area contributed by atoms with Gasteiger partial charge in [0.05, 0.1) is 12.7 Å². The Morgan fingerprint density at radius 3 is 2.09 bits per heavy atom. The van der Waals surface area contributed by atoms with Crippen LogP contribution in [0.1, 0.15) is 52.2 Å². The molecule has 1 aliphatic carbocycles. The average Bonchev–Trinajstić information content (AvgIpc) is 3.20. The fourth-order valence-corrected chi connectivity index (χ4v) is 4.17. The van der Waals surface area contributed by atoms with E-state index >= 15 is 0 Å². The van der Waals surface area contributed by atoms with Crippen LogP contribution in [0.25, 0.3) is 0 Å². The van der Waals surface area contributed by atoms with Crippen molar-refractivity contribution in [3.05, 3.63) is 83.4 Å². The number of hydrogen-bond donors (Lipinski definition) is 1. The van der Waals surface area contributed by atoms with Gasteiger partial charge in [-0.25, -0.2) is 4.79 Å². The zero-order valence-corrected chi connectivity index (χ0v) is 21.4. The largest absolute Gasteiger partial charge is 0.474 e. The van der Waals surface area contributed by atoms with Crippen LogP contribution < -0.4 is 0 Å². The second-order valence-electron chi connectivity index (χ2n) is 10.0. The Kier molecular flexibility index (Phi) is 8.87. The van der Waals surface area contributed by atoms with E-state index in [1.807, 2.05) is 81.4 Å². The minimum Gasteiger partial charge on any atom is -0.474 e. The first-order valence-electron chi connectivity index (χ1n) is 12.1. The van der Waals surface area contributed by atoms with Crippen molar-refractivity contribution in [1.82, 2.24) is 0 Å². The van der Waals surface area contributed by atoms with Crippen molar-refractivity contribution in [2.24, 2.45) is 5.92 Å². The SMILES string of the molecule is C[C@H]1C(C(C)(OCC(=O)OC(C)(C)C)C(=N)OCc2ccccc2)=CC[C@H]1OCc1ccccc1. The molecule has 0 fully saturated rings. The molecule has 1 unspecified atom stereocenters. The summed E-state index contributed by atoms with van der Waals surface area (Å²) >= 11 is 0. The second kappa shape index (κ2) is 11.6. The molecule has 0 amide bonds. The summed E-state index contributed by atoms with van der Waals surface area (Å²) in [7, 11) is 0. The molecule has 2 aromatic rings. The lowest BCUT2D eigenvalue weighted by molar-refractivity contribution is -0.163. The Bertz CT molecular complexity index is 1010. The molecule has 0 spiro atoms. The van der Waals surface area contributed by atoms with Crippen LogP contribution >= 0.6 is 0 Å². The van der Waals surface area contributed by atoms with E-state index in [4.69, 9.17) is 24.4 Å². The molecule has 0 saturated carbocycles. The smallest absolute Gasteiger partial charge is 0.332 e. The molecule has 1 aliphatic rings. The molecule has 6 nitrogen and oxygen atoms in total. The van der Waals surface area contributed by atoms with E-state index in [-0.39, 0.29) is 31.1 Å². The summed E-state index contributed by atoms with van der Waals surface area (Å²) in [4.78, 5) is 12.4. The van der Waals surface area contributed by atoms with E-state index in [1.54, 1.807) is 6.92 Å². The van der Waals surface area contributed by atoms with Crippen LogP contribution in [-0.2, 0) is 37.0 Å². The van der Waals surface area contributed by atoms with E-state index in [0.717, 1.165) is 16.7 Å². The van der Waals surface area contributed by atoms with Crippen molar-refractivity contribution in [2.75, 3.05) is 6.61 Å². The van der Waals surface area contributed by atoms with Crippen molar-refractivity contribution < 1.29 is 23.7 Å². The zero-order chi connectivity index (χ0) is 25.5. The van der Waals surface area contributed by atoms with Crippen molar-refractivity contribution in [3.63, 3.8) is 0 Å². The Labute approximate surface area is 208 Å². The topological polar surface area (TPSA) is 77.8 Å². The standard InChI is InChI=1S/C29H37NO5/c1-21-24(16-17-25(21)32-18-22-12-8-6-9-13-22)29(5,34-20-26(31)35-28(2,3)4)27(30)33-19-23-14-10-7-11-15-23/h6-16,21,25,30H,17-20H2,1-5H3/t21-,25+,29?/m0/s1. The molecule has 2 aromatic carbocycles. The van der Waals surface area contributed by atoms with E-state index in [0.29, 0.717) is 13.0 Å². The summed E-state index contributed by atoms with van der Waals surface area (Å²) < 4.78 is 23.6. The Hall–Kier alpha value is -2.96. The number of nitrogens with one attached hydrogen (secondary N) is 1. The Balaban J connectivity index is 1.72. The highest BCUT2D eigenvalue weighted by atomic mass is 16.6. The number of benzene rings is 2. The highest BCUT2D eigenvalue weighted by Crippen LogP contribution is 2.39. The summed E-state index contributed by atoms with van der Waals surface area (Å²) in [5.41, 5.74) is 1.08. The Morgan fingerprint density at radius 1 is 0.943 bits per heavy atom. The maximum atomic E-state index is 12.4. The van der Waals surface area contributed by atoms with Gasteiger partial charge in [-0.15, -0.1) is 0 Å². The minimum atomic E-state index is -1.23. The van der Waals surface area contributed by atoms with Gasteiger partial charge in [-0.05, 0) is 50.8 Å². The lowest BCUT2D eigenvalue weighted by Gasteiger charge is -2.35. The third-order valence-electron chi connectivity index (χ3n) is 6.03. The molecule has 0 radical (unpaired) electrons. The highest BCUT2D eigenvalue weighted by molar-refractivity contribution is 5.86. The van der Waals surface area contributed by atoms with Gasteiger partial charge in [0.25, 0.3) is 0 Å². The second-order valence-corrected chi connectivity index (χ2v) is 10.0. The third kappa shape index (κ3) is 7.51. The van der Waals surface area contributed by atoms with Gasteiger partial charge in [0.15, 0.2) is 5.60 Å². The summed E-state index contributed by atoms with van der Waals surface area (Å²) in [5, 5.41) is 8.79. The summed E-state index contributed by atoms with van der Waals surface area (Å²) in [6.45, 7) is 9.74. The Morgan fingerprint density at radius 2 is 1.51 bits per heavy atom. The van der Waals surface area contributed by atoms with Gasteiger partial charge in [-0.3, -0.25) is 5.41 Å². The van der Waals surface area contributed by atoms with Crippen molar-refractivity contribution in [2.45, 2.75) is 71.6 Å². The van der Waals surface area contributed by atoms with Gasteiger partial charge in [0.2, 0.25) is 5.90 Å². The van der Waals surface area contributed by atoms with Crippen LogP contribution in [0.15, 0.2) is 72.3 Å². The number of hydrogen-bond acceptors (Lipinski definition) is 6. The van der Waals surface area contributed by atoms with E-state index in [1.165, 1.54) is 0 Å². The molecule has 0 aromatic heterocycles. The first kappa shape index (κ1) is 26.6. The first-order valence-corrected chi connectivity index (χ1v) is 12.1. The van der Waals surface area contributed by atoms with E-state index in [2.05, 4.69) is 13.0 Å². The molecule has 6 heteroatoms. The number of rotatable bonds is 10. The monoisotopic (exact) mass is 479 g/mol. The quantitative estimate of drug-likeness (QED) is 0.200. The van der Waals surface area contributed by atoms with E-state index < -0.39 is 17.2 Å². The lowest BCUT2D eigenvalue weighted by atomic mass is 9.87. The molecule has 3 atom stereocenters. The lowest BCUT2D eigenvalue weighted by Crippen LogP contribution is -2.45. The van der Waals surface area contributed by atoms with Crippen molar-refractivity contribution >= 4 is 11.9 Å². The van der Waals surface area contributed by atoms with Gasteiger partial charge in [-0.1, -0.05) is 73.7 Å². The third-order valence-corrected chi connectivity index (χ3v) is 6.03. The number of carbonyl (C=O) groups excluding carboxylic acids is 1. The van der Waals surface area contributed by atoms with Crippen LogP contribution in [0.2, 0.25) is 0 Å². The van der Waals surface area contributed by atoms with Crippen LogP contribution in [0.3, 0.4) is 0 Å². The molecular weight excluding hydrogens is 442 g/mol. The molecule has 35 heavy (non-hydrogen) atoms. The zero-order valence-electron chi connectivity index (χ0n) is 21.4. The van der Waals surface area contributed by atoms with Gasteiger partial charge in [0.1, 0.15) is 18.8 Å². The van der Waals surface area contributed by atoms with Gasteiger partial charge < -0.3 is 18.9 Å². The fourth-order valence-electron chi connectivity index (χ4n) is 4.17. The maximum absolute atomic E-state index is 12.4. The molecule has 0 aliphatic heterocycles. The predicted octanol–water partition coefficient (Wildman–Crippen LogP) is 5.85. The minimum absolute atomic E-state index is 0.0250. The van der Waals surface area contributed by atoms with Crippen LogP contribution in [0, 0.1) is 11.3 Å². The van der Waals surface area contributed by atoms with Crippen LogP contribution in [0.4, 0.5) is 0 Å². The highest BCUT2D eigenvalue weighted by Gasteiger charge is 2.44. The van der Waals surface area contributed by atoms with Gasteiger partial charge in [0, 0.05) is 5.92 Å². The summed E-state index contributed by atoms with van der Waals surface area (Å²) in [6.07, 6.45) is 2.69. The molecule has 1 N–H and O–H groups in total. The van der Waals surface area contributed by atoms with Crippen molar-refractivity contribution in [3.8, 4) is 0 Å². The molecule has 188 valence electrons. The van der Waals surface area contributed by atoms with Gasteiger partial charge >= 0.3 is 5.97 Å². The number of ether oxygens (including phenoxy) is 4. The maximum Gasteiger partial charge on any atom is 0.332 e. The number of esters is 1. The van der Waals surface area contributed by atoms with Gasteiger partial charge in [-0.2, -0.15) is 0 Å². The molecule has 0 heterocycles. The summed E-state index contributed by atoms with van der Waals surface area (Å²) in [6, 6.07) is 19.7.